The molecular weight excluding hydrogens is 641 g/mol. The fourth-order valence-electron chi connectivity index (χ4n) is 6.68. The van der Waals surface area contributed by atoms with Crippen molar-refractivity contribution < 1.29 is 53.4 Å². The predicted molar refractivity (Wildman–Crippen MR) is 175 cm³/mol. The number of fused-ring (bicyclic) bond motifs is 1. The van der Waals surface area contributed by atoms with Gasteiger partial charge in [0.1, 0.15) is 50.0 Å². The van der Waals surface area contributed by atoms with Crippen LogP contribution in [0.1, 0.15) is 50.7 Å². The molecule has 266 valence electrons. The van der Waals surface area contributed by atoms with Crippen LogP contribution in [0.4, 0.5) is 10.1 Å². The van der Waals surface area contributed by atoms with Gasteiger partial charge in [0.2, 0.25) is 12.2 Å². The molecule has 3 saturated heterocycles. The zero-order valence-corrected chi connectivity index (χ0v) is 27.5. The van der Waals surface area contributed by atoms with Gasteiger partial charge in [0.25, 0.3) is 0 Å². The highest BCUT2D eigenvalue weighted by molar-refractivity contribution is 5.97. The number of benzene rings is 2. The molecule has 0 radical (unpaired) electrons. The summed E-state index contributed by atoms with van der Waals surface area (Å²) in [6.45, 7) is 5.43. The van der Waals surface area contributed by atoms with Crippen LogP contribution >= 0.6 is 0 Å². The van der Waals surface area contributed by atoms with Crippen LogP contribution in [0, 0.1) is 5.82 Å². The minimum atomic E-state index is -1.49. The van der Waals surface area contributed by atoms with Gasteiger partial charge in [0.15, 0.2) is 11.6 Å². The lowest BCUT2D eigenvalue weighted by Gasteiger charge is -2.41. The number of rotatable bonds is 10. The minimum absolute atomic E-state index is 0.0855. The van der Waals surface area contributed by atoms with E-state index in [2.05, 4.69) is 27.5 Å². The Morgan fingerprint density at radius 2 is 1.71 bits per heavy atom. The summed E-state index contributed by atoms with van der Waals surface area (Å²) in [6, 6.07) is 11.1. The molecule has 14 heteroatoms. The van der Waals surface area contributed by atoms with Gasteiger partial charge in [-0.25, -0.2) is 4.39 Å². The van der Waals surface area contributed by atoms with Crippen molar-refractivity contribution in [3.05, 3.63) is 65.0 Å². The fraction of sp³-hybridized carbons (Fsp3) is 0.543. The van der Waals surface area contributed by atoms with Gasteiger partial charge in [0, 0.05) is 30.8 Å². The smallest absolute Gasteiger partial charge is 0.247 e. The molecule has 0 aromatic heterocycles. The number of carbonyl (C=O) groups is 1. The van der Waals surface area contributed by atoms with Crippen molar-refractivity contribution in [2.24, 2.45) is 5.16 Å². The normalized spacial score (nSPS) is 32.1. The van der Waals surface area contributed by atoms with Crippen molar-refractivity contribution in [3.8, 4) is 5.75 Å². The van der Waals surface area contributed by atoms with Crippen LogP contribution in [-0.4, -0.2) is 107 Å². The third kappa shape index (κ3) is 8.07. The van der Waals surface area contributed by atoms with E-state index in [-0.39, 0.29) is 31.1 Å². The van der Waals surface area contributed by atoms with Gasteiger partial charge in [-0.15, -0.1) is 0 Å². The number of nitrogens with one attached hydrogen (secondary N) is 1. The first-order valence-corrected chi connectivity index (χ1v) is 16.7. The lowest BCUT2D eigenvalue weighted by molar-refractivity contribution is -0.155. The van der Waals surface area contributed by atoms with Gasteiger partial charge in [-0.3, -0.25) is 4.79 Å². The number of ether oxygens (including phenoxy) is 4. The fourth-order valence-corrected chi connectivity index (χ4v) is 6.68. The third-order valence-electron chi connectivity index (χ3n) is 9.45. The summed E-state index contributed by atoms with van der Waals surface area (Å²) < 4.78 is 37.1. The number of piperidine rings is 1. The van der Waals surface area contributed by atoms with E-state index >= 15 is 4.39 Å². The largest absolute Gasteiger partial charge is 0.462 e. The van der Waals surface area contributed by atoms with Gasteiger partial charge in [-0.2, -0.15) is 0 Å². The monoisotopic (exact) mass is 685 g/mol. The lowest BCUT2D eigenvalue weighted by Crippen LogP contribution is -2.67. The third-order valence-corrected chi connectivity index (χ3v) is 9.45. The van der Waals surface area contributed by atoms with Gasteiger partial charge >= 0.3 is 0 Å². The van der Waals surface area contributed by atoms with Gasteiger partial charge < -0.3 is 54.4 Å². The second kappa shape index (κ2) is 15.5. The Morgan fingerprint density at radius 1 is 1.00 bits per heavy atom. The highest BCUT2D eigenvalue weighted by Crippen LogP contribution is 2.31. The van der Waals surface area contributed by atoms with Crippen LogP contribution in [0.25, 0.3) is 6.08 Å². The zero-order valence-electron chi connectivity index (χ0n) is 27.5. The van der Waals surface area contributed by atoms with Gasteiger partial charge in [-0.05, 0) is 74.6 Å². The molecular formula is C35H44FN3O10. The number of carbonyl (C=O) groups excluding carboxylic acids is 1. The Bertz CT molecular complexity index is 1520. The van der Waals surface area contributed by atoms with E-state index in [9.17, 15) is 25.2 Å². The summed E-state index contributed by atoms with van der Waals surface area (Å²) in [5, 5.41) is 48.7. The quantitative estimate of drug-likeness (QED) is 0.141. The van der Waals surface area contributed by atoms with Crippen LogP contribution in [-0.2, 0) is 30.4 Å². The molecule has 49 heavy (non-hydrogen) atoms. The average Bonchev–Trinajstić information content (AvgIpc) is 3.74. The van der Waals surface area contributed by atoms with E-state index < -0.39 is 66.8 Å². The molecule has 2 aromatic carbocycles. The lowest BCUT2D eigenvalue weighted by atomic mass is 9.83. The molecule has 5 N–H and O–H groups in total. The van der Waals surface area contributed by atoms with Crippen LogP contribution in [0.15, 0.2) is 53.2 Å². The number of oxime groups is 1. The number of aliphatic hydroxyl groups is 4. The maximum Gasteiger partial charge on any atom is 0.247 e. The molecule has 4 aliphatic rings. The number of hydrogen-bond donors (Lipinski definition) is 5. The number of amides is 1. The summed E-state index contributed by atoms with van der Waals surface area (Å²) in [4.78, 5) is 20.8. The molecule has 2 aromatic rings. The molecule has 6 rings (SSSR count). The second-order valence-electron chi connectivity index (χ2n) is 13.0. The maximum absolute atomic E-state index is 15.1. The van der Waals surface area contributed by atoms with E-state index in [4.69, 9.17) is 23.8 Å². The summed E-state index contributed by atoms with van der Waals surface area (Å²) >= 11 is 0. The van der Waals surface area contributed by atoms with Crippen LogP contribution in [0.5, 0.6) is 5.75 Å². The summed E-state index contributed by atoms with van der Waals surface area (Å²) in [5.41, 5.74) is 3.09. The Morgan fingerprint density at radius 3 is 2.43 bits per heavy atom. The number of aliphatic hydroxyl groups excluding tert-OH is 4. The summed E-state index contributed by atoms with van der Waals surface area (Å²) in [5.74, 6) is -1.46. The summed E-state index contributed by atoms with van der Waals surface area (Å²) in [7, 11) is 0. The van der Waals surface area contributed by atoms with E-state index in [1.807, 2.05) is 12.1 Å². The Kier molecular flexibility index (Phi) is 11.1. The van der Waals surface area contributed by atoms with Crippen molar-refractivity contribution in [1.29, 1.82) is 0 Å². The van der Waals surface area contributed by atoms with Crippen LogP contribution in [0.3, 0.4) is 0 Å². The van der Waals surface area contributed by atoms with Crippen LogP contribution in [0.2, 0.25) is 0 Å². The molecule has 3 heterocycles. The molecule has 0 spiro atoms. The van der Waals surface area contributed by atoms with Crippen molar-refractivity contribution in [2.75, 3.05) is 24.8 Å². The molecule has 0 bridgehead atoms. The molecule has 0 unspecified atom stereocenters. The van der Waals surface area contributed by atoms with Gasteiger partial charge in [-0.1, -0.05) is 23.4 Å². The van der Waals surface area contributed by atoms with Crippen molar-refractivity contribution in [3.63, 3.8) is 0 Å². The highest BCUT2D eigenvalue weighted by atomic mass is 19.1. The topological polar surface area (TPSA) is 172 Å². The Hall–Kier alpha value is -3.63. The standard InChI is InChI=1S/C35H44FN3O10/c1-19(35(44)37-28-29(41)31(43)34-33(30(28)42)45-18-46-34)14-22-8-11-26(24(36)15-22)48-27-16-25(40)32(49-27)20(2)38-47-17-21-6-9-23(10-7-21)39-12-4-3-5-13-39/h6-11,14-15,25,27-34,40-43H,3-5,12-13,16-18H2,1-2H3,(H,37,44)/t25-,27-,28-,29+,30-,31-,32-,33+,34-/m1/s1. The zero-order chi connectivity index (χ0) is 34.7. The first-order chi connectivity index (χ1) is 23.6. The number of hydrogen-bond acceptors (Lipinski definition) is 12. The number of nitrogens with zero attached hydrogens (tertiary/aromatic N) is 2. The van der Waals surface area contributed by atoms with E-state index in [1.165, 1.54) is 50.1 Å². The van der Waals surface area contributed by atoms with E-state index in [1.54, 1.807) is 13.0 Å². The molecule has 1 amide bonds. The van der Waals surface area contributed by atoms with E-state index in [0.717, 1.165) is 18.7 Å². The van der Waals surface area contributed by atoms with Crippen molar-refractivity contribution in [2.45, 2.75) is 101 Å². The molecule has 3 aliphatic heterocycles. The van der Waals surface area contributed by atoms with Crippen LogP contribution < -0.4 is 15.0 Å². The Balaban J connectivity index is 0.993. The molecule has 1 saturated carbocycles. The SMILES string of the molecule is CC(=Cc1ccc(O[C@H]2C[C@@H](O)[C@@H](C(C)=NOCc3ccc(N4CCCCC4)cc3)O2)c(F)c1)C(=O)N[C@@H]1[C@H](O)[C@@H](O)[C@H]2OCO[C@H]2[C@@H]1O. The second-order valence-corrected chi connectivity index (χ2v) is 13.0. The number of halogens is 1. The predicted octanol–water partition coefficient (Wildman–Crippen LogP) is 1.99. The van der Waals surface area contributed by atoms with Crippen molar-refractivity contribution in [1.82, 2.24) is 5.32 Å². The highest BCUT2D eigenvalue weighted by Gasteiger charge is 2.53. The molecule has 1 aliphatic carbocycles. The first kappa shape index (κ1) is 35.2. The van der Waals surface area contributed by atoms with E-state index in [0.29, 0.717) is 11.3 Å². The van der Waals surface area contributed by atoms with Crippen molar-refractivity contribution >= 4 is 23.4 Å². The minimum Gasteiger partial charge on any atom is -0.462 e. The first-order valence-electron chi connectivity index (χ1n) is 16.7. The summed E-state index contributed by atoms with van der Waals surface area (Å²) in [6.07, 6.45) is -3.44. The number of anilines is 1. The maximum atomic E-state index is 15.1. The Labute approximate surface area is 283 Å². The van der Waals surface area contributed by atoms with Gasteiger partial charge in [0.05, 0.1) is 17.9 Å². The molecule has 9 atom stereocenters. The molecule has 13 nitrogen and oxygen atoms in total. The average molecular weight is 686 g/mol. The molecule has 4 fully saturated rings.